The Balaban J connectivity index is 1.37. The minimum atomic E-state index is -4.06. The number of aromatic nitrogens is 1. The van der Waals surface area contributed by atoms with Crippen LogP contribution in [0.15, 0.2) is 95.9 Å². The van der Waals surface area contributed by atoms with Crippen LogP contribution >= 0.6 is 11.3 Å². The van der Waals surface area contributed by atoms with Crippen molar-refractivity contribution >= 4 is 48.9 Å². The maximum Gasteiger partial charge on any atom is 0.261 e. The first-order valence-corrected chi connectivity index (χ1v) is 13.0. The topological polar surface area (TPSA) is 108 Å². The highest BCUT2D eigenvalue weighted by molar-refractivity contribution is 7.92. The number of halogens is 1. The van der Waals surface area contributed by atoms with Gasteiger partial charge in [0.25, 0.3) is 15.9 Å². The number of fused-ring (bicyclic) bond motifs is 1. The first-order chi connectivity index (χ1) is 17.3. The molecule has 180 valence electrons. The van der Waals surface area contributed by atoms with Crippen LogP contribution in [0.3, 0.4) is 0 Å². The van der Waals surface area contributed by atoms with Gasteiger partial charge in [0.2, 0.25) is 0 Å². The van der Waals surface area contributed by atoms with Crippen LogP contribution in [0.2, 0.25) is 0 Å². The number of rotatable bonds is 6. The molecule has 0 radical (unpaired) electrons. The summed E-state index contributed by atoms with van der Waals surface area (Å²) in [5.41, 5.74) is 1.79. The van der Waals surface area contributed by atoms with Crippen molar-refractivity contribution in [2.75, 3.05) is 10.0 Å². The van der Waals surface area contributed by atoms with Gasteiger partial charge in [0.1, 0.15) is 16.6 Å². The minimum Gasteiger partial charge on any atom is -0.507 e. The molecule has 0 aliphatic rings. The summed E-state index contributed by atoms with van der Waals surface area (Å²) in [6.07, 6.45) is 0. The van der Waals surface area contributed by atoms with E-state index in [0.29, 0.717) is 16.3 Å². The lowest BCUT2D eigenvalue weighted by Crippen LogP contribution is -2.18. The highest BCUT2D eigenvalue weighted by atomic mass is 32.2. The Morgan fingerprint density at radius 3 is 2.39 bits per heavy atom. The molecule has 0 unspecified atom stereocenters. The van der Waals surface area contributed by atoms with Crippen molar-refractivity contribution in [2.24, 2.45) is 0 Å². The molecule has 0 fully saturated rings. The summed E-state index contributed by atoms with van der Waals surface area (Å²) >= 11 is 1.44. The molecule has 3 N–H and O–H groups in total. The van der Waals surface area contributed by atoms with Gasteiger partial charge in [0.05, 0.1) is 31.9 Å². The number of sulfonamides is 1. The Hall–Kier alpha value is -4.28. The minimum absolute atomic E-state index is 0.0506. The molecule has 0 aliphatic carbocycles. The van der Waals surface area contributed by atoms with Gasteiger partial charge in [-0.3, -0.25) is 9.52 Å². The molecule has 0 saturated heterocycles. The number of phenolic OH excluding ortho intramolecular Hbond substituents is 1. The molecule has 5 aromatic rings. The van der Waals surface area contributed by atoms with Crippen molar-refractivity contribution in [3.8, 4) is 16.3 Å². The molecule has 0 spiro atoms. The Labute approximate surface area is 209 Å². The van der Waals surface area contributed by atoms with Gasteiger partial charge < -0.3 is 10.4 Å². The number of aromatic hydroxyl groups is 1. The standard InChI is InChI=1S/C26H18FN3O4S2/c27-16-9-12-18(13-10-16)36(33,34)30-21-6-2-1-5-19(21)25(32)28-17-11-14-20(23(31)15-17)26-29-22-7-3-4-8-24(22)35-26/h1-15,30-31H,(H,28,32). The van der Waals surface area contributed by atoms with E-state index in [2.05, 4.69) is 15.0 Å². The molecule has 36 heavy (non-hydrogen) atoms. The van der Waals surface area contributed by atoms with Crippen molar-refractivity contribution in [2.45, 2.75) is 4.90 Å². The molecule has 4 aromatic carbocycles. The SMILES string of the molecule is O=C(Nc1ccc(-c2nc3ccccc3s2)c(O)c1)c1ccccc1NS(=O)(=O)c1ccc(F)cc1. The number of amides is 1. The van der Waals surface area contributed by atoms with Crippen LogP contribution in [0.5, 0.6) is 5.75 Å². The van der Waals surface area contributed by atoms with E-state index in [1.807, 2.05) is 24.3 Å². The van der Waals surface area contributed by atoms with E-state index in [-0.39, 0.29) is 21.9 Å². The van der Waals surface area contributed by atoms with Gasteiger partial charge >= 0.3 is 0 Å². The zero-order valence-corrected chi connectivity index (χ0v) is 20.1. The lowest BCUT2D eigenvalue weighted by atomic mass is 10.1. The number of carbonyl (C=O) groups excluding carboxylic acids is 1. The predicted molar refractivity (Wildman–Crippen MR) is 138 cm³/mol. The van der Waals surface area contributed by atoms with E-state index in [4.69, 9.17) is 0 Å². The summed E-state index contributed by atoms with van der Waals surface area (Å²) in [4.78, 5) is 17.4. The number of phenols is 1. The first-order valence-electron chi connectivity index (χ1n) is 10.7. The highest BCUT2D eigenvalue weighted by Crippen LogP contribution is 2.36. The van der Waals surface area contributed by atoms with Gasteiger partial charge in [-0.15, -0.1) is 11.3 Å². The lowest BCUT2D eigenvalue weighted by Gasteiger charge is -2.13. The largest absolute Gasteiger partial charge is 0.507 e. The number of anilines is 2. The molecule has 0 saturated carbocycles. The van der Waals surface area contributed by atoms with E-state index < -0.39 is 21.7 Å². The number of nitrogens with zero attached hydrogens (tertiary/aromatic N) is 1. The van der Waals surface area contributed by atoms with Gasteiger partial charge in [-0.1, -0.05) is 24.3 Å². The number of nitrogens with one attached hydrogen (secondary N) is 2. The average molecular weight is 520 g/mol. The van der Waals surface area contributed by atoms with Crippen LogP contribution in [0.25, 0.3) is 20.8 Å². The Morgan fingerprint density at radius 2 is 1.64 bits per heavy atom. The summed E-state index contributed by atoms with van der Waals surface area (Å²) in [6, 6.07) is 22.8. The summed E-state index contributed by atoms with van der Waals surface area (Å²) in [5.74, 6) is -1.21. The van der Waals surface area contributed by atoms with Crippen LogP contribution in [0, 0.1) is 5.82 Å². The van der Waals surface area contributed by atoms with Gasteiger partial charge in [0, 0.05) is 11.8 Å². The number of carbonyl (C=O) groups is 1. The third-order valence-corrected chi connectivity index (χ3v) is 7.77. The molecule has 0 bridgehead atoms. The van der Waals surface area contributed by atoms with Crippen LogP contribution in [-0.2, 0) is 10.0 Å². The van der Waals surface area contributed by atoms with Crippen molar-refractivity contribution in [3.63, 3.8) is 0 Å². The molecule has 1 heterocycles. The van der Waals surface area contributed by atoms with Crippen molar-refractivity contribution in [1.82, 2.24) is 4.98 Å². The number of thiazole rings is 1. The quantitative estimate of drug-likeness (QED) is 0.260. The number of para-hydroxylation sites is 2. The Morgan fingerprint density at radius 1 is 0.917 bits per heavy atom. The second kappa shape index (κ2) is 9.40. The van der Waals surface area contributed by atoms with Gasteiger partial charge in [-0.25, -0.2) is 17.8 Å². The van der Waals surface area contributed by atoms with Crippen LogP contribution < -0.4 is 10.0 Å². The summed E-state index contributed by atoms with van der Waals surface area (Å²) in [5, 5.41) is 13.9. The maximum atomic E-state index is 13.2. The summed E-state index contributed by atoms with van der Waals surface area (Å²) < 4.78 is 42.0. The van der Waals surface area contributed by atoms with Crippen molar-refractivity contribution < 1.29 is 22.7 Å². The van der Waals surface area contributed by atoms with E-state index in [0.717, 1.165) is 34.5 Å². The molecule has 1 amide bonds. The smallest absolute Gasteiger partial charge is 0.261 e. The average Bonchev–Trinajstić information content (AvgIpc) is 3.28. The van der Waals surface area contributed by atoms with E-state index in [1.165, 1.54) is 29.5 Å². The second-order valence-electron chi connectivity index (χ2n) is 7.78. The molecule has 7 nitrogen and oxygen atoms in total. The van der Waals surface area contributed by atoms with Gasteiger partial charge in [-0.05, 0) is 60.7 Å². The van der Waals surface area contributed by atoms with Gasteiger partial charge in [-0.2, -0.15) is 0 Å². The van der Waals surface area contributed by atoms with Crippen molar-refractivity contribution in [1.29, 1.82) is 0 Å². The summed E-state index contributed by atoms with van der Waals surface area (Å²) in [7, 11) is -4.06. The second-order valence-corrected chi connectivity index (χ2v) is 10.5. The first kappa shape index (κ1) is 23.5. The molecule has 5 rings (SSSR count). The highest BCUT2D eigenvalue weighted by Gasteiger charge is 2.19. The fraction of sp³-hybridized carbons (Fsp3) is 0. The fourth-order valence-electron chi connectivity index (χ4n) is 3.56. The molecular formula is C26H18FN3O4S2. The Bertz CT molecular complexity index is 1670. The Kier molecular flexibility index (Phi) is 6.13. The van der Waals surface area contributed by atoms with Gasteiger partial charge in [0.15, 0.2) is 0 Å². The predicted octanol–water partition coefficient (Wildman–Crippen LogP) is 5.86. The van der Waals surface area contributed by atoms with E-state index >= 15 is 0 Å². The van der Waals surface area contributed by atoms with E-state index in [9.17, 15) is 22.7 Å². The lowest BCUT2D eigenvalue weighted by molar-refractivity contribution is 0.102. The number of benzene rings is 4. The number of hydrogen-bond acceptors (Lipinski definition) is 6. The third-order valence-electron chi connectivity index (χ3n) is 5.32. The number of hydrogen-bond donors (Lipinski definition) is 3. The zero-order chi connectivity index (χ0) is 25.3. The zero-order valence-electron chi connectivity index (χ0n) is 18.5. The third kappa shape index (κ3) is 4.77. The van der Waals surface area contributed by atoms with Crippen LogP contribution in [-0.4, -0.2) is 24.4 Å². The normalized spacial score (nSPS) is 11.4. The fourth-order valence-corrected chi connectivity index (χ4v) is 5.64. The monoisotopic (exact) mass is 519 g/mol. The maximum absolute atomic E-state index is 13.2. The van der Waals surface area contributed by atoms with Crippen LogP contribution in [0.4, 0.5) is 15.8 Å². The molecular weight excluding hydrogens is 501 g/mol. The van der Waals surface area contributed by atoms with E-state index in [1.54, 1.807) is 24.3 Å². The summed E-state index contributed by atoms with van der Waals surface area (Å²) in [6.45, 7) is 0. The van der Waals surface area contributed by atoms with Crippen molar-refractivity contribution in [3.05, 3.63) is 102 Å². The molecule has 10 heteroatoms. The van der Waals surface area contributed by atoms with Crippen LogP contribution in [0.1, 0.15) is 10.4 Å². The molecule has 1 aromatic heterocycles. The molecule has 0 atom stereocenters. The molecule has 0 aliphatic heterocycles.